The lowest BCUT2D eigenvalue weighted by Gasteiger charge is -2.22. The Balaban J connectivity index is 1.81. The Hall–Kier alpha value is -2.67. The predicted molar refractivity (Wildman–Crippen MR) is 97.2 cm³/mol. The Morgan fingerprint density at radius 1 is 1.00 bits per heavy atom. The van der Waals surface area contributed by atoms with Gasteiger partial charge in [0.1, 0.15) is 18.1 Å². The van der Waals surface area contributed by atoms with Crippen LogP contribution < -0.4 is 9.47 Å². The molecule has 7 heteroatoms. The third-order valence-electron chi connectivity index (χ3n) is 3.71. The van der Waals surface area contributed by atoms with E-state index < -0.39 is 18.9 Å². The highest BCUT2D eigenvalue weighted by Gasteiger charge is 2.18. The van der Waals surface area contributed by atoms with Gasteiger partial charge in [-0.3, -0.25) is 4.79 Å². The van der Waals surface area contributed by atoms with Gasteiger partial charge in [-0.05, 0) is 29.8 Å². The van der Waals surface area contributed by atoms with Crippen molar-refractivity contribution in [3.63, 3.8) is 0 Å². The number of hydrogen-bond donors (Lipinski definition) is 0. The molecular weight excluding hydrogens is 356 g/mol. The van der Waals surface area contributed by atoms with Crippen LogP contribution in [0.4, 0.5) is 8.78 Å². The topological polar surface area (TPSA) is 48.0 Å². The van der Waals surface area contributed by atoms with Gasteiger partial charge in [0.05, 0.1) is 13.2 Å². The van der Waals surface area contributed by atoms with E-state index in [1.54, 1.807) is 24.3 Å². The van der Waals surface area contributed by atoms with E-state index in [4.69, 9.17) is 14.2 Å². The van der Waals surface area contributed by atoms with Gasteiger partial charge < -0.3 is 19.1 Å². The number of ether oxygens (including phenoxy) is 3. The van der Waals surface area contributed by atoms with Crippen molar-refractivity contribution in [1.29, 1.82) is 0 Å². The van der Waals surface area contributed by atoms with E-state index in [-0.39, 0.29) is 19.8 Å². The summed E-state index contributed by atoms with van der Waals surface area (Å²) in [4.78, 5) is 13.1. The summed E-state index contributed by atoms with van der Waals surface area (Å²) in [5.41, 5.74) is 1.05. The minimum atomic E-state index is -2.60. The van der Waals surface area contributed by atoms with Crippen LogP contribution >= 0.6 is 0 Å². The molecule has 0 aliphatic rings. The second-order valence-corrected chi connectivity index (χ2v) is 5.76. The summed E-state index contributed by atoms with van der Waals surface area (Å²) in [6, 6.07) is 16.5. The molecule has 27 heavy (non-hydrogen) atoms. The fourth-order valence-electron chi connectivity index (χ4n) is 2.30. The van der Waals surface area contributed by atoms with Crippen LogP contribution in [-0.4, -0.2) is 50.6 Å². The number of nitrogens with zero attached hydrogens (tertiary/aromatic N) is 1. The maximum absolute atomic E-state index is 12.6. The summed E-state index contributed by atoms with van der Waals surface area (Å²) in [6.07, 6.45) is -2.60. The maximum atomic E-state index is 12.6. The molecule has 0 unspecified atom stereocenters. The average Bonchev–Trinajstić information content (AvgIpc) is 2.69. The lowest BCUT2D eigenvalue weighted by Crippen LogP contribution is -2.40. The first-order valence-corrected chi connectivity index (χ1v) is 8.53. The van der Waals surface area contributed by atoms with Crippen molar-refractivity contribution in [2.45, 2.75) is 13.0 Å². The van der Waals surface area contributed by atoms with Crippen LogP contribution in [0, 0.1) is 0 Å². The molecule has 0 atom stereocenters. The third-order valence-corrected chi connectivity index (χ3v) is 3.71. The maximum Gasteiger partial charge on any atom is 0.260 e. The molecule has 1 amide bonds. The molecule has 0 radical (unpaired) electrons. The molecule has 0 saturated carbocycles. The number of amides is 1. The standard InChI is InChI=1S/C20H23F2NO4/c1-25-12-11-23(13-19(21)22)20(24)15-27-18-9-7-17(8-10-18)26-14-16-5-3-2-4-6-16/h2-10,19H,11-15H2,1H3. The third kappa shape index (κ3) is 7.62. The Kier molecular flexibility index (Phi) is 8.51. The Bertz CT molecular complexity index is 680. The quantitative estimate of drug-likeness (QED) is 0.601. The fraction of sp³-hybridized carbons (Fsp3) is 0.350. The Labute approximate surface area is 157 Å². The smallest absolute Gasteiger partial charge is 0.260 e. The van der Waals surface area contributed by atoms with Gasteiger partial charge in [-0.25, -0.2) is 8.78 Å². The van der Waals surface area contributed by atoms with Gasteiger partial charge >= 0.3 is 0 Å². The van der Waals surface area contributed by atoms with E-state index in [0.717, 1.165) is 10.5 Å². The molecule has 0 aliphatic carbocycles. The Morgan fingerprint density at radius 2 is 1.63 bits per heavy atom. The second kappa shape index (κ2) is 11.1. The van der Waals surface area contributed by atoms with Gasteiger partial charge in [-0.2, -0.15) is 0 Å². The number of rotatable bonds is 11. The van der Waals surface area contributed by atoms with E-state index in [1.165, 1.54) is 7.11 Å². The molecule has 2 rings (SSSR count). The van der Waals surface area contributed by atoms with E-state index in [2.05, 4.69) is 0 Å². The van der Waals surface area contributed by atoms with Crippen molar-refractivity contribution in [3.05, 3.63) is 60.2 Å². The largest absolute Gasteiger partial charge is 0.489 e. The lowest BCUT2D eigenvalue weighted by atomic mass is 10.2. The molecule has 0 spiro atoms. The minimum absolute atomic E-state index is 0.0926. The number of carbonyl (C=O) groups excluding carboxylic acids is 1. The normalized spacial score (nSPS) is 10.7. The van der Waals surface area contributed by atoms with Gasteiger partial charge in [-0.1, -0.05) is 30.3 Å². The number of benzene rings is 2. The number of carbonyl (C=O) groups is 1. The van der Waals surface area contributed by atoms with E-state index in [0.29, 0.717) is 18.1 Å². The highest BCUT2D eigenvalue weighted by Crippen LogP contribution is 2.19. The highest BCUT2D eigenvalue weighted by molar-refractivity contribution is 5.77. The molecule has 0 bridgehead atoms. The molecule has 0 fully saturated rings. The van der Waals surface area contributed by atoms with Gasteiger partial charge in [0.2, 0.25) is 0 Å². The average molecular weight is 379 g/mol. The fourth-order valence-corrected chi connectivity index (χ4v) is 2.30. The van der Waals surface area contributed by atoms with Crippen molar-refractivity contribution in [2.24, 2.45) is 0 Å². The van der Waals surface area contributed by atoms with E-state index >= 15 is 0 Å². The first-order valence-electron chi connectivity index (χ1n) is 8.53. The van der Waals surface area contributed by atoms with E-state index in [1.807, 2.05) is 30.3 Å². The van der Waals surface area contributed by atoms with Crippen LogP contribution in [0.25, 0.3) is 0 Å². The summed E-state index contributed by atoms with van der Waals surface area (Å²) in [7, 11) is 1.45. The highest BCUT2D eigenvalue weighted by atomic mass is 19.3. The molecule has 0 aliphatic heterocycles. The van der Waals surface area contributed by atoms with Crippen molar-refractivity contribution >= 4 is 5.91 Å². The molecule has 5 nitrogen and oxygen atoms in total. The van der Waals surface area contributed by atoms with Crippen molar-refractivity contribution in [1.82, 2.24) is 4.90 Å². The lowest BCUT2D eigenvalue weighted by molar-refractivity contribution is -0.136. The molecule has 2 aromatic rings. The van der Waals surface area contributed by atoms with Crippen LogP contribution in [-0.2, 0) is 16.1 Å². The zero-order chi connectivity index (χ0) is 19.5. The van der Waals surface area contributed by atoms with Crippen LogP contribution in [0.3, 0.4) is 0 Å². The van der Waals surface area contributed by atoms with Crippen LogP contribution in [0.2, 0.25) is 0 Å². The zero-order valence-electron chi connectivity index (χ0n) is 15.1. The van der Waals surface area contributed by atoms with Crippen LogP contribution in [0.5, 0.6) is 11.5 Å². The summed E-state index contributed by atoms with van der Waals surface area (Å²) in [5.74, 6) is 0.604. The van der Waals surface area contributed by atoms with Crippen LogP contribution in [0.15, 0.2) is 54.6 Å². The zero-order valence-corrected chi connectivity index (χ0v) is 15.1. The first kappa shape index (κ1) is 20.6. The number of halogens is 2. The van der Waals surface area contributed by atoms with Crippen molar-refractivity contribution in [3.8, 4) is 11.5 Å². The van der Waals surface area contributed by atoms with Gasteiger partial charge in [0.25, 0.3) is 12.3 Å². The second-order valence-electron chi connectivity index (χ2n) is 5.76. The molecule has 2 aromatic carbocycles. The number of methoxy groups -OCH3 is 1. The SMILES string of the molecule is COCCN(CC(F)F)C(=O)COc1ccc(OCc2ccccc2)cc1. The summed E-state index contributed by atoms with van der Waals surface area (Å²) >= 11 is 0. The molecule has 0 saturated heterocycles. The predicted octanol–water partition coefficient (Wildman–Crippen LogP) is 3.38. The van der Waals surface area contributed by atoms with E-state index in [9.17, 15) is 13.6 Å². The summed E-state index contributed by atoms with van der Waals surface area (Å²) in [5, 5.41) is 0. The number of alkyl halides is 2. The monoisotopic (exact) mass is 379 g/mol. The van der Waals surface area contributed by atoms with Crippen molar-refractivity contribution < 1.29 is 27.8 Å². The van der Waals surface area contributed by atoms with Gasteiger partial charge in [0, 0.05) is 13.7 Å². The Morgan fingerprint density at radius 3 is 2.22 bits per heavy atom. The number of hydrogen-bond acceptors (Lipinski definition) is 4. The molecule has 146 valence electrons. The van der Waals surface area contributed by atoms with Crippen molar-refractivity contribution in [2.75, 3.05) is 33.4 Å². The summed E-state index contributed by atoms with van der Waals surface area (Å²) < 4.78 is 41.1. The van der Waals surface area contributed by atoms with Crippen LogP contribution in [0.1, 0.15) is 5.56 Å². The summed E-state index contributed by atoms with van der Waals surface area (Å²) in [6.45, 7) is -0.235. The van der Waals surface area contributed by atoms with Gasteiger partial charge in [0.15, 0.2) is 6.61 Å². The molecular formula is C20H23F2NO4. The molecule has 0 N–H and O–H groups in total. The first-order chi connectivity index (χ1) is 13.1. The molecule has 0 heterocycles. The molecule has 0 aromatic heterocycles. The minimum Gasteiger partial charge on any atom is -0.489 e. The van der Waals surface area contributed by atoms with Gasteiger partial charge in [-0.15, -0.1) is 0 Å².